The van der Waals surface area contributed by atoms with E-state index < -0.39 is 22.6 Å². The van der Waals surface area contributed by atoms with Crippen molar-refractivity contribution in [1.82, 2.24) is 0 Å². The van der Waals surface area contributed by atoms with E-state index in [1.165, 1.54) is 44.3 Å². The molecule has 0 aliphatic heterocycles. The zero-order chi connectivity index (χ0) is 21.0. The Labute approximate surface area is 181 Å². The second-order valence-corrected chi connectivity index (χ2v) is 10.4. The van der Waals surface area contributed by atoms with Crippen molar-refractivity contribution in [1.29, 1.82) is 0 Å². The van der Waals surface area contributed by atoms with E-state index in [-0.39, 0.29) is 0 Å². The molecule has 0 amide bonds. The Balaban J connectivity index is 1.45. The largest absolute Gasteiger partial charge is 0.353 e. The van der Waals surface area contributed by atoms with Gasteiger partial charge in [-0.25, -0.2) is 8.78 Å². The summed E-state index contributed by atoms with van der Waals surface area (Å²) in [6.07, 6.45) is 13.9. The first-order valence-electron chi connectivity index (χ1n) is 10.8. The number of benzene rings is 1. The molecule has 0 bridgehead atoms. The number of halogens is 5. The van der Waals surface area contributed by atoms with Crippen LogP contribution in [0.25, 0.3) is 0 Å². The van der Waals surface area contributed by atoms with Crippen LogP contribution < -0.4 is 0 Å². The van der Waals surface area contributed by atoms with E-state index in [1.807, 2.05) is 11.8 Å². The van der Waals surface area contributed by atoms with E-state index in [2.05, 4.69) is 6.26 Å². The number of alkyl halides is 3. The third kappa shape index (κ3) is 6.29. The van der Waals surface area contributed by atoms with Gasteiger partial charge in [-0.2, -0.15) is 20.5 Å². The van der Waals surface area contributed by atoms with Gasteiger partial charge in [0.15, 0.2) is 0 Å². The quantitative estimate of drug-likeness (QED) is 0.298. The van der Waals surface area contributed by atoms with Crippen LogP contribution in [0.1, 0.15) is 68.9 Å². The van der Waals surface area contributed by atoms with Gasteiger partial charge in [0, 0.05) is 0 Å². The molecular formula is C23H31ClF4S. The minimum atomic E-state index is -4.03. The number of hydrogen-bond acceptors (Lipinski definition) is 1. The highest BCUT2D eigenvalue weighted by molar-refractivity contribution is 7.98. The lowest BCUT2D eigenvalue weighted by molar-refractivity contribution is 0.0858. The molecule has 1 aromatic carbocycles. The molecule has 0 aromatic heterocycles. The van der Waals surface area contributed by atoms with Crippen LogP contribution in [-0.4, -0.2) is 12.0 Å². The van der Waals surface area contributed by atoms with Gasteiger partial charge in [0.2, 0.25) is 0 Å². The van der Waals surface area contributed by atoms with Gasteiger partial charge in [0.05, 0.1) is 0 Å². The van der Waals surface area contributed by atoms with Crippen LogP contribution in [0, 0.1) is 35.3 Å². The highest BCUT2D eigenvalue weighted by Crippen LogP contribution is 2.43. The SMILES string of the molecule is CSCC1CCC(C2CCC(CCc3cc(F)c(C(F)(F)Cl)c(F)c3)CC2)CC1. The van der Waals surface area contributed by atoms with Crippen molar-refractivity contribution in [3.8, 4) is 0 Å². The summed E-state index contributed by atoms with van der Waals surface area (Å²) in [7, 11) is 0. The third-order valence-electron chi connectivity index (χ3n) is 7.08. The molecule has 0 unspecified atom stereocenters. The Morgan fingerprint density at radius 1 is 0.897 bits per heavy atom. The van der Waals surface area contributed by atoms with E-state index in [0.29, 0.717) is 17.9 Å². The normalized spacial score (nSPS) is 28.5. The Kier molecular flexibility index (Phi) is 8.22. The fourth-order valence-electron chi connectivity index (χ4n) is 5.42. The maximum Gasteiger partial charge on any atom is 0.353 e. The Hall–Kier alpha value is -0.420. The van der Waals surface area contributed by atoms with Gasteiger partial charge in [-0.05, 0) is 116 Å². The molecular weight excluding hydrogens is 420 g/mol. The van der Waals surface area contributed by atoms with Crippen molar-refractivity contribution < 1.29 is 17.6 Å². The number of hydrogen-bond donors (Lipinski definition) is 0. The minimum Gasteiger partial charge on any atom is -0.206 e. The number of thioether (sulfide) groups is 1. The molecule has 0 radical (unpaired) electrons. The summed E-state index contributed by atoms with van der Waals surface area (Å²) >= 11 is 6.77. The summed E-state index contributed by atoms with van der Waals surface area (Å²) in [5, 5.41) is -4.03. The van der Waals surface area contributed by atoms with Crippen LogP contribution >= 0.6 is 23.4 Å². The van der Waals surface area contributed by atoms with Crippen LogP contribution in [0.4, 0.5) is 17.6 Å². The lowest BCUT2D eigenvalue weighted by Crippen LogP contribution is -2.26. The molecule has 29 heavy (non-hydrogen) atoms. The van der Waals surface area contributed by atoms with E-state index >= 15 is 0 Å². The maximum atomic E-state index is 13.9. The van der Waals surface area contributed by atoms with E-state index in [0.717, 1.165) is 49.1 Å². The van der Waals surface area contributed by atoms with Gasteiger partial charge in [-0.1, -0.05) is 12.8 Å². The summed E-state index contributed by atoms with van der Waals surface area (Å²) in [5.41, 5.74) is -0.922. The maximum absolute atomic E-state index is 13.9. The highest BCUT2D eigenvalue weighted by atomic mass is 35.5. The van der Waals surface area contributed by atoms with Crippen LogP contribution in [0.15, 0.2) is 12.1 Å². The van der Waals surface area contributed by atoms with Gasteiger partial charge in [0.25, 0.3) is 0 Å². The highest BCUT2D eigenvalue weighted by Gasteiger charge is 2.35. The van der Waals surface area contributed by atoms with Crippen molar-refractivity contribution in [3.05, 3.63) is 34.9 Å². The lowest BCUT2D eigenvalue weighted by atomic mass is 9.69. The van der Waals surface area contributed by atoms with Gasteiger partial charge in [-0.15, -0.1) is 0 Å². The first-order valence-corrected chi connectivity index (χ1v) is 12.6. The first kappa shape index (κ1) is 23.2. The average molecular weight is 451 g/mol. The Morgan fingerprint density at radius 2 is 1.38 bits per heavy atom. The molecule has 0 atom stereocenters. The monoisotopic (exact) mass is 450 g/mol. The molecule has 164 valence electrons. The fourth-order valence-corrected chi connectivity index (χ4v) is 6.41. The average Bonchev–Trinajstić information content (AvgIpc) is 2.66. The van der Waals surface area contributed by atoms with Crippen LogP contribution in [0.5, 0.6) is 0 Å². The van der Waals surface area contributed by atoms with Crippen molar-refractivity contribution >= 4 is 23.4 Å². The summed E-state index contributed by atoms with van der Waals surface area (Å²) in [4.78, 5) is 0. The second-order valence-electron chi connectivity index (χ2n) is 8.99. The molecule has 1 aromatic rings. The lowest BCUT2D eigenvalue weighted by Gasteiger charge is -2.38. The first-order chi connectivity index (χ1) is 13.8. The molecule has 0 nitrogen and oxygen atoms in total. The fraction of sp³-hybridized carbons (Fsp3) is 0.739. The van der Waals surface area contributed by atoms with Crippen molar-refractivity contribution in [3.63, 3.8) is 0 Å². The Morgan fingerprint density at radius 3 is 1.83 bits per heavy atom. The van der Waals surface area contributed by atoms with Crippen LogP contribution in [0.2, 0.25) is 0 Å². The van der Waals surface area contributed by atoms with Crippen molar-refractivity contribution in [2.75, 3.05) is 12.0 Å². The molecule has 2 fully saturated rings. The van der Waals surface area contributed by atoms with Gasteiger partial charge in [0.1, 0.15) is 17.2 Å². The summed E-state index contributed by atoms with van der Waals surface area (Å²) < 4.78 is 54.0. The molecule has 0 saturated heterocycles. The second kappa shape index (κ2) is 10.3. The molecule has 2 aliphatic rings. The van der Waals surface area contributed by atoms with Crippen molar-refractivity contribution in [2.45, 2.75) is 69.6 Å². The van der Waals surface area contributed by atoms with Crippen LogP contribution in [-0.2, 0) is 11.8 Å². The molecule has 2 aliphatic carbocycles. The summed E-state index contributed by atoms with van der Waals surface area (Å²) in [6, 6.07) is 2.01. The van der Waals surface area contributed by atoms with E-state index in [9.17, 15) is 17.6 Å². The zero-order valence-corrected chi connectivity index (χ0v) is 18.6. The summed E-state index contributed by atoms with van der Waals surface area (Å²) in [5.74, 6) is 1.94. The van der Waals surface area contributed by atoms with E-state index in [4.69, 9.17) is 11.6 Å². The predicted molar refractivity (Wildman–Crippen MR) is 114 cm³/mol. The van der Waals surface area contributed by atoms with E-state index in [1.54, 1.807) is 0 Å². The van der Waals surface area contributed by atoms with Crippen molar-refractivity contribution in [2.24, 2.45) is 23.7 Å². The smallest absolute Gasteiger partial charge is 0.206 e. The molecule has 2 saturated carbocycles. The summed E-state index contributed by atoms with van der Waals surface area (Å²) in [6.45, 7) is 0. The van der Waals surface area contributed by atoms with Gasteiger partial charge < -0.3 is 0 Å². The number of rotatable bonds is 7. The number of aryl methyl sites for hydroxylation is 1. The van der Waals surface area contributed by atoms with Gasteiger partial charge >= 0.3 is 5.38 Å². The third-order valence-corrected chi connectivity index (χ3v) is 8.07. The molecule has 0 spiro atoms. The Bertz CT molecular complexity index is 636. The predicted octanol–water partition coefficient (Wildman–Crippen LogP) is 8.16. The minimum absolute atomic E-state index is 0.430. The molecule has 0 N–H and O–H groups in total. The molecule has 6 heteroatoms. The van der Waals surface area contributed by atoms with Crippen LogP contribution in [0.3, 0.4) is 0 Å². The topological polar surface area (TPSA) is 0 Å². The molecule has 0 heterocycles. The molecule has 3 rings (SSSR count). The standard InChI is InChI=1S/C23H31ClF4S/c1-29-14-16-6-10-19(11-7-16)18-8-4-15(5-9-18)2-3-17-12-20(25)22(21(26)13-17)23(24,27)28/h12-13,15-16,18-19H,2-11,14H2,1H3. The zero-order valence-electron chi connectivity index (χ0n) is 17.0. The van der Waals surface area contributed by atoms with Gasteiger partial charge in [-0.3, -0.25) is 0 Å².